The zero-order chi connectivity index (χ0) is 17.5. The third kappa shape index (κ3) is 5.23. The molecular weight excluding hydrogens is 304 g/mol. The number of carbonyl (C=O) groups is 2. The largest absolute Gasteiger partial charge is 0.497 e. The van der Waals surface area contributed by atoms with Gasteiger partial charge in [-0.1, -0.05) is 31.2 Å². The number of benzene rings is 2. The van der Waals surface area contributed by atoms with Crippen LogP contribution < -0.4 is 9.47 Å². The number of rotatable bonds is 7. The molecule has 0 saturated heterocycles. The molecule has 1 unspecified atom stereocenters. The van der Waals surface area contributed by atoms with E-state index in [-0.39, 0.29) is 24.1 Å². The molecule has 0 aromatic heterocycles. The second-order valence-corrected chi connectivity index (χ2v) is 5.94. The SMILES string of the molecule is COc1ccc(-c2ccc(OC(=O)CC(C)CC(C)=O)cc2)cc1. The van der Waals surface area contributed by atoms with E-state index in [1.807, 2.05) is 43.3 Å². The Hall–Kier alpha value is -2.62. The molecule has 0 aliphatic carbocycles. The van der Waals surface area contributed by atoms with Crippen molar-refractivity contribution in [1.29, 1.82) is 0 Å². The van der Waals surface area contributed by atoms with Gasteiger partial charge in [0.1, 0.15) is 17.3 Å². The van der Waals surface area contributed by atoms with Crippen molar-refractivity contribution < 1.29 is 19.1 Å². The van der Waals surface area contributed by atoms with Crippen molar-refractivity contribution in [3.05, 3.63) is 48.5 Å². The van der Waals surface area contributed by atoms with Gasteiger partial charge < -0.3 is 14.3 Å². The second-order valence-electron chi connectivity index (χ2n) is 5.94. The Balaban J connectivity index is 1.96. The monoisotopic (exact) mass is 326 g/mol. The highest BCUT2D eigenvalue weighted by molar-refractivity contribution is 5.77. The zero-order valence-electron chi connectivity index (χ0n) is 14.2. The van der Waals surface area contributed by atoms with Crippen LogP contribution in [0, 0.1) is 5.92 Å². The average molecular weight is 326 g/mol. The van der Waals surface area contributed by atoms with Gasteiger partial charge in [0, 0.05) is 12.8 Å². The molecule has 0 bridgehead atoms. The van der Waals surface area contributed by atoms with Gasteiger partial charge in [-0.05, 0) is 48.2 Å². The fraction of sp³-hybridized carbons (Fsp3) is 0.300. The van der Waals surface area contributed by atoms with Crippen LogP contribution in [-0.2, 0) is 9.59 Å². The van der Waals surface area contributed by atoms with Crippen LogP contribution in [-0.4, -0.2) is 18.9 Å². The smallest absolute Gasteiger partial charge is 0.311 e. The molecule has 4 heteroatoms. The van der Waals surface area contributed by atoms with Crippen LogP contribution in [0.25, 0.3) is 11.1 Å². The second kappa shape index (κ2) is 8.29. The summed E-state index contributed by atoms with van der Waals surface area (Å²) in [5.74, 6) is 1.07. The molecule has 126 valence electrons. The van der Waals surface area contributed by atoms with Crippen LogP contribution in [0.3, 0.4) is 0 Å². The molecule has 0 aliphatic rings. The van der Waals surface area contributed by atoms with Gasteiger partial charge in [0.25, 0.3) is 0 Å². The Morgan fingerprint density at radius 1 is 0.875 bits per heavy atom. The van der Waals surface area contributed by atoms with E-state index in [0.29, 0.717) is 12.2 Å². The van der Waals surface area contributed by atoms with Crippen LogP contribution in [0.5, 0.6) is 11.5 Å². The molecule has 0 aliphatic heterocycles. The van der Waals surface area contributed by atoms with Gasteiger partial charge in [0.05, 0.1) is 7.11 Å². The van der Waals surface area contributed by atoms with Gasteiger partial charge in [-0.15, -0.1) is 0 Å². The first-order valence-electron chi connectivity index (χ1n) is 7.92. The van der Waals surface area contributed by atoms with Crippen LogP contribution in [0.2, 0.25) is 0 Å². The zero-order valence-corrected chi connectivity index (χ0v) is 14.2. The Kier molecular flexibility index (Phi) is 6.13. The highest BCUT2D eigenvalue weighted by Crippen LogP contribution is 2.25. The molecule has 2 aromatic rings. The molecule has 0 N–H and O–H groups in total. The van der Waals surface area contributed by atoms with E-state index in [4.69, 9.17) is 9.47 Å². The first-order chi connectivity index (χ1) is 11.5. The van der Waals surface area contributed by atoms with Crippen molar-refractivity contribution in [1.82, 2.24) is 0 Å². The minimum absolute atomic E-state index is 0.00595. The molecule has 4 nitrogen and oxygen atoms in total. The quantitative estimate of drug-likeness (QED) is 0.563. The van der Waals surface area contributed by atoms with Gasteiger partial charge in [-0.2, -0.15) is 0 Å². The molecule has 2 aromatic carbocycles. The van der Waals surface area contributed by atoms with Gasteiger partial charge in [0.2, 0.25) is 0 Å². The molecule has 0 spiro atoms. The first-order valence-corrected chi connectivity index (χ1v) is 7.92. The van der Waals surface area contributed by atoms with Crippen molar-refractivity contribution >= 4 is 11.8 Å². The number of methoxy groups -OCH3 is 1. The van der Waals surface area contributed by atoms with E-state index in [2.05, 4.69) is 0 Å². The standard InChI is InChI=1S/C20H22O4/c1-14(12-15(2)21)13-20(22)24-19-10-6-17(7-11-19)16-4-8-18(23-3)9-5-16/h4-11,14H,12-13H2,1-3H3. The van der Waals surface area contributed by atoms with E-state index in [0.717, 1.165) is 16.9 Å². The maximum Gasteiger partial charge on any atom is 0.311 e. The summed E-state index contributed by atoms with van der Waals surface area (Å²) in [5.41, 5.74) is 2.09. The number of hydrogen-bond acceptors (Lipinski definition) is 4. The number of Topliss-reactive ketones (excluding diaryl/α,β-unsaturated/α-hetero) is 1. The average Bonchev–Trinajstić information content (AvgIpc) is 2.54. The lowest BCUT2D eigenvalue weighted by Crippen LogP contribution is -2.14. The maximum atomic E-state index is 11.9. The Labute approximate surface area is 142 Å². The van der Waals surface area contributed by atoms with E-state index in [1.165, 1.54) is 6.92 Å². The highest BCUT2D eigenvalue weighted by atomic mass is 16.5. The molecule has 0 fully saturated rings. The number of carbonyl (C=O) groups excluding carboxylic acids is 2. The highest BCUT2D eigenvalue weighted by Gasteiger charge is 2.13. The lowest BCUT2D eigenvalue weighted by molar-refractivity contribution is -0.135. The van der Waals surface area contributed by atoms with Crippen molar-refractivity contribution in [3.63, 3.8) is 0 Å². The number of esters is 1. The molecule has 1 atom stereocenters. The van der Waals surface area contributed by atoms with E-state index in [9.17, 15) is 9.59 Å². The molecule has 2 rings (SSSR count). The van der Waals surface area contributed by atoms with Crippen LogP contribution >= 0.6 is 0 Å². The summed E-state index contributed by atoms with van der Waals surface area (Å²) in [6.07, 6.45) is 0.630. The van der Waals surface area contributed by atoms with Crippen molar-refractivity contribution in [3.8, 4) is 22.6 Å². The van der Waals surface area contributed by atoms with Gasteiger partial charge in [0.15, 0.2) is 0 Å². The Morgan fingerprint density at radius 2 is 1.38 bits per heavy atom. The number of hydrogen-bond donors (Lipinski definition) is 0. The summed E-state index contributed by atoms with van der Waals surface area (Å²) in [7, 11) is 1.63. The number of ketones is 1. The normalized spacial score (nSPS) is 11.6. The fourth-order valence-electron chi connectivity index (χ4n) is 2.52. The predicted octanol–water partition coefficient (Wildman–Crippen LogP) is 4.27. The summed E-state index contributed by atoms with van der Waals surface area (Å²) in [4.78, 5) is 22.9. The molecule has 0 saturated carbocycles. The van der Waals surface area contributed by atoms with Crippen molar-refractivity contribution in [2.75, 3.05) is 7.11 Å². The molecule has 0 amide bonds. The lowest BCUT2D eigenvalue weighted by Gasteiger charge is -2.10. The molecule has 0 heterocycles. The van der Waals surface area contributed by atoms with E-state index < -0.39 is 0 Å². The first kappa shape index (κ1) is 17.7. The van der Waals surface area contributed by atoms with Gasteiger partial charge in [-0.25, -0.2) is 0 Å². The van der Waals surface area contributed by atoms with E-state index >= 15 is 0 Å². The lowest BCUT2D eigenvalue weighted by atomic mass is 10.0. The summed E-state index contributed by atoms with van der Waals surface area (Å²) in [6.45, 7) is 3.40. The van der Waals surface area contributed by atoms with Crippen LogP contribution in [0.4, 0.5) is 0 Å². The summed E-state index contributed by atoms with van der Waals surface area (Å²) in [6, 6.07) is 15.1. The predicted molar refractivity (Wildman–Crippen MR) is 93.1 cm³/mol. The topological polar surface area (TPSA) is 52.6 Å². The Bertz CT molecular complexity index is 687. The Morgan fingerprint density at radius 3 is 1.83 bits per heavy atom. The minimum Gasteiger partial charge on any atom is -0.497 e. The molecule has 24 heavy (non-hydrogen) atoms. The molecule has 0 radical (unpaired) electrons. The van der Waals surface area contributed by atoms with Gasteiger partial charge in [-0.3, -0.25) is 4.79 Å². The summed E-state index contributed by atoms with van der Waals surface area (Å²) in [5, 5.41) is 0. The minimum atomic E-state index is -0.319. The fourth-order valence-corrected chi connectivity index (χ4v) is 2.52. The third-order valence-corrected chi connectivity index (χ3v) is 3.66. The summed E-state index contributed by atoms with van der Waals surface area (Å²) >= 11 is 0. The van der Waals surface area contributed by atoms with Gasteiger partial charge >= 0.3 is 5.97 Å². The number of ether oxygens (including phenoxy) is 2. The summed E-state index contributed by atoms with van der Waals surface area (Å²) < 4.78 is 10.5. The van der Waals surface area contributed by atoms with Crippen molar-refractivity contribution in [2.45, 2.75) is 26.7 Å². The van der Waals surface area contributed by atoms with Crippen molar-refractivity contribution in [2.24, 2.45) is 5.92 Å². The maximum absolute atomic E-state index is 11.9. The molecular formula is C20H22O4. The van der Waals surface area contributed by atoms with E-state index in [1.54, 1.807) is 19.2 Å². The van der Waals surface area contributed by atoms with Crippen LogP contribution in [0.15, 0.2) is 48.5 Å². The van der Waals surface area contributed by atoms with Crippen LogP contribution in [0.1, 0.15) is 26.7 Å². The third-order valence-electron chi connectivity index (χ3n) is 3.66.